The van der Waals surface area contributed by atoms with Gasteiger partial charge in [0.1, 0.15) is 0 Å². The third-order valence-corrected chi connectivity index (χ3v) is 8.67. The lowest BCUT2D eigenvalue weighted by Crippen LogP contribution is -2.29. The van der Waals surface area contributed by atoms with Gasteiger partial charge in [0.2, 0.25) is 0 Å². The first-order valence-corrected chi connectivity index (χ1v) is 14.0. The Kier molecular flexibility index (Phi) is 5.79. The average molecular weight is 534 g/mol. The van der Waals surface area contributed by atoms with Gasteiger partial charge in [0, 0.05) is 17.1 Å². The van der Waals surface area contributed by atoms with Crippen molar-refractivity contribution in [3.8, 4) is 11.1 Å². The van der Waals surface area contributed by atoms with Crippen LogP contribution in [0.15, 0.2) is 78.9 Å². The number of fused-ring (bicyclic) bond motifs is 4. The van der Waals surface area contributed by atoms with E-state index in [-0.39, 0.29) is 0 Å². The van der Waals surface area contributed by atoms with Gasteiger partial charge in [0.25, 0.3) is 11.3 Å². The number of anilines is 3. The summed E-state index contributed by atoms with van der Waals surface area (Å²) < 4.78 is 24.1. The molecule has 0 spiro atoms. The maximum Gasteiger partial charge on any atom is 0.259 e. The van der Waals surface area contributed by atoms with E-state index in [9.17, 15) is 8.76 Å². The molecule has 5 aromatic carbocycles. The molecule has 0 aromatic heterocycles. The van der Waals surface area contributed by atoms with Crippen molar-refractivity contribution >= 4 is 39.1 Å². The molecule has 1 aliphatic carbocycles. The second kappa shape index (κ2) is 8.97. The van der Waals surface area contributed by atoms with Gasteiger partial charge in [-0.2, -0.15) is 0 Å². The van der Waals surface area contributed by atoms with Gasteiger partial charge >= 0.3 is 0 Å². The SMILES string of the molecule is Cc1cc(C2(c3cc(C)c(N)c(C)c3)c3cc(NS(=O)O)ccc3-c3cc4ccccc4cc32)cc(C)c1N. The van der Waals surface area contributed by atoms with E-state index in [0.717, 1.165) is 77.8 Å². The van der Waals surface area contributed by atoms with Gasteiger partial charge in [-0.05, 0) is 118 Å². The van der Waals surface area contributed by atoms with Gasteiger partial charge in [-0.25, -0.2) is 4.21 Å². The van der Waals surface area contributed by atoms with Crippen LogP contribution in [0.4, 0.5) is 17.1 Å². The topological polar surface area (TPSA) is 101 Å². The maximum absolute atomic E-state index is 11.8. The summed E-state index contributed by atoms with van der Waals surface area (Å²) in [6.07, 6.45) is 0. The molecule has 0 saturated heterocycles. The Morgan fingerprint density at radius 2 is 1.15 bits per heavy atom. The van der Waals surface area contributed by atoms with E-state index in [2.05, 4.69) is 65.4 Å². The molecule has 6 rings (SSSR count). The van der Waals surface area contributed by atoms with Crippen LogP contribution in [0.5, 0.6) is 0 Å². The number of nitrogens with two attached hydrogens (primary N) is 2. The Balaban J connectivity index is 1.84. The molecule has 0 radical (unpaired) electrons. The monoisotopic (exact) mass is 533 g/mol. The average Bonchev–Trinajstić information content (AvgIpc) is 3.17. The summed E-state index contributed by atoms with van der Waals surface area (Å²) in [6, 6.07) is 27.6. The van der Waals surface area contributed by atoms with Crippen LogP contribution < -0.4 is 16.2 Å². The minimum absolute atomic E-state index is 0.573. The van der Waals surface area contributed by atoms with Crippen molar-refractivity contribution < 1.29 is 8.76 Å². The van der Waals surface area contributed by atoms with E-state index in [4.69, 9.17) is 11.5 Å². The molecular weight excluding hydrogens is 502 g/mol. The number of rotatable bonds is 4. The van der Waals surface area contributed by atoms with E-state index in [1.807, 2.05) is 45.9 Å². The molecule has 0 aliphatic heterocycles. The van der Waals surface area contributed by atoms with Crippen molar-refractivity contribution in [2.24, 2.45) is 0 Å². The maximum atomic E-state index is 11.8. The molecule has 1 unspecified atom stereocenters. The second-order valence-electron chi connectivity index (χ2n) is 10.7. The lowest BCUT2D eigenvalue weighted by atomic mass is 9.66. The fraction of sp³-hybridized carbons (Fsp3) is 0.152. The molecule has 0 amide bonds. The van der Waals surface area contributed by atoms with Gasteiger partial charge in [-0.1, -0.05) is 54.6 Å². The number of nitrogens with one attached hydrogen (secondary N) is 1. The fourth-order valence-electron chi connectivity index (χ4n) is 6.34. The van der Waals surface area contributed by atoms with E-state index in [1.54, 1.807) is 0 Å². The minimum Gasteiger partial charge on any atom is -0.398 e. The first-order valence-electron chi connectivity index (χ1n) is 12.9. The Morgan fingerprint density at radius 1 is 0.667 bits per heavy atom. The highest BCUT2D eigenvalue weighted by Gasteiger charge is 2.47. The number of hydrogen-bond donors (Lipinski definition) is 4. The van der Waals surface area contributed by atoms with Crippen LogP contribution in [0, 0.1) is 27.7 Å². The highest BCUT2D eigenvalue weighted by molar-refractivity contribution is 7.80. The molecule has 1 aliphatic rings. The van der Waals surface area contributed by atoms with E-state index >= 15 is 0 Å². The fourth-order valence-corrected chi connectivity index (χ4v) is 6.67. The minimum atomic E-state index is -2.20. The largest absolute Gasteiger partial charge is 0.398 e. The highest BCUT2D eigenvalue weighted by atomic mass is 32.2. The van der Waals surface area contributed by atoms with Gasteiger partial charge in [0.05, 0.1) is 5.41 Å². The van der Waals surface area contributed by atoms with Crippen LogP contribution in [-0.2, 0) is 16.7 Å². The number of hydrogen-bond acceptors (Lipinski definition) is 3. The molecule has 39 heavy (non-hydrogen) atoms. The molecule has 6 heteroatoms. The van der Waals surface area contributed by atoms with Crippen LogP contribution in [0.2, 0.25) is 0 Å². The predicted molar refractivity (Wildman–Crippen MR) is 163 cm³/mol. The lowest BCUT2D eigenvalue weighted by molar-refractivity contribution is 0.570. The molecule has 0 heterocycles. The Bertz CT molecular complexity index is 1740. The Hall–Kier alpha value is -4.13. The summed E-state index contributed by atoms with van der Waals surface area (Å²) in [5.41, 5.74) is 25.0. The molecule has 6 N–H and O–H groups in total. The third-order valence-electron chi connectivity index (χ3n) is 8.26. The van der Waals surface area contributed by atoms with E-state index in [0.29, 0.717) is 5.69 Å². The van der Waals surface area contributed by atoms with Crippen molar-refractivity contribution in [3.05, 3.63) is 123 Å². The van der Waals surface area contributed by atoms with Crippen LogP contribution in [0.3, 0.4) is 0 Å². The van der Waals surface area contributed by atoms with Gasteiger partial charge in [-0.15, -0.1) is 0 Å². The van der Waals surface area contributed by atoms with Gasteiger partial charge in [-0.3, -0.25) is 9.27 Å². The zero-order valence-electron chi connectivity index (χ0n) is 22.4. The van der Waals surface area contributed by atoms with Crippen LogP contribution >= 0.6 is 0 Å². The van der Waals surface area contributed by atoms with E-state index < -0.39 is 16.7 Å². The Morgan fingerprint density at radius 3 is 1.67 bits per heavy atom. The first-order chi connectivity index (χ1) is 18.6. The summed E-state index contributed by atoms with van der Waals surface area (Å²) >= 11 is -2.20. The summed E-state index contributed by atoms with van der Waals surface area (Å²) in [5, 5.41) is 2.31. The summed E-state index contributed by atoms with van der Waals surface area (Å²) in [6.45, 7) is 8.18. The summed E-state index contributed by atoms with van der Waals surface area (Å²) in [5.74, 6) is 0. The quantitative estimate of drug-likeness (QED) is 0.143. The smallest absolute Gasteiger partial charge is 0.259 e. The highest BCUT2D eigenvalue weighted by Crippen LogP contribution is 2.58. The zero-order valence-corrected chi connectivity index (χ0v) is 23.2. The molecular formula is C33H31N3O2S. The van der Waals surface area contributed by atoms with Crippen molar-refractivity contribution in [2.75, 3.05) is 16.2 Å². The van der Waals surface area contributed by atoms with Crippen LogP contribution in [0.25, 0.3) is 21.9 Å². The number of benzene rings is 5. The standard InChI is InChI=1S/C33H31N3O2S/c1-18-11-24(12-19(2)31(18)34)33(25-13-20(3)32(35)21(4)14-25)29-16-23-8-6-5-7-22(23)15-28(29)27-10-9-26(17-30(27)33)36-39(37)38/h5-17,36H,34-35H2,1-4H3,(H,37,38). The van der Waals surface area contributed by atoms with E-state index in [1.165, 1.54) is 0 Å². The van der Waals surface area contributed by atoms with Crippen LogP contribution in [-0.4, -0.2) is 8.76 Å². The summed E-state index contributed by atoms with van der Waals surface area (Å²) in [4.78, 5) is 0. The third kappa shape index (κ3) is 3.74. The molecule has 0 fully saturated rings. The molecule has 1 atom stereocenters. The van der Waals surface area contributed by atoms with Crippen molar-refractivity contribution in [1.29, 1.82) is 0 Å². The van der Waals surface area contributed by atoms with Crippen molar-refractivity contribution in [1.82, 2.24) is 0 Å². The molecule has 0 saturated carbocycles. The first kappa shape index (κ1) is 25.2. The zero-order chi connectivity index (χ0) is 27.6. The van der Waals surface area contributed by atoms with Gasteiger partial charge < -0.3 is 11.5 Å². The van der Waals surface area contributed by atoms with Crippen molar-refractivity contribution in [2.45, 2.75) is 33.1 Å². The molecule has 0 bridgehead atoms. The van der Waals surface area contributed by atoms with Gasteiger partial charge in [0.15, 0.2) is 0 Å². The predicted octanol–water partition coefficient (Wildman–Crippen LogP) is 7.15. The summed E-state index contributed by atoms with van der Waals surface area (Å²) in [7, 11) is 0. The molecule has 5 aromatic rings. The number of nitrogen functional groups attached to an aromatic ring is 2. The lowest BCUT2D eigenvalue weighted by Gasteiger charge is -2.35. The normalized spacial score (nSPS) is 14.2. The Labute approximate surface area is 231 Å². The second-order valence-corrected chi connectivity index (χ2v) is 11.4. The van der Waals surface area contributed by atoms with Crippen molar-refractivity contribution in [3.63, 3.8) is 0 Å². The number of aryl methyl sites for hydroxylation is 4. The molecule has 196 valence electrons. The molecule has 5 nitrogen and oxygen atoms in total. The van der Waals surface area contributed by atoms with Crippen LogP contribution in [0.1, 0.15) is 44.5 Å².